The van der Waals surface area contributed by atoms with Gasteiger partial charge in [0.05, 0.1) is 11.9 Å². The largest absolute Gasteiger partial charge is 0.350 e. The summed E-state index contributed by atoms with van der Waals surface area (Å²) in [5, 5.41) is 2.96. The van der Waals surface area contributed by atoms with Crippen LogP contribution in [0.3, 0.4) is 0 Å². The zero-order chi connectivity index (χ0) is 25.7. The molecule has 0 saturated heterocycles. The topological polar surface area (TPSA) is 86.8 Å². The van der Waals surface area contributed by atoms with Crippen LogP contribution in [0.1, 0.15) is 45.2 Å². The highest BCUT2D eigenvalue weighted by Crippen LogP contribution is 2.21. The van der Waals surface area contributed by atoms with Gasteiger partial charge in [0.25, 0.3) is 0 Å². The number of halogens is 1. The fourth-order valence-corrected chi connectivity index (χ4v) is 4.81. The number of hydrogen-bond acceptors (Lipinski definition) is 4. The van der Waals surface area contributed by atoms with Gasteiger partial charge in [-0.15, -0.1) is 0 Å². The number of rotatable bonds is 9. The molecule has 0 aliphatic heterocycles. The first-order valence-corrected chi connectivity index (χ1v) is 14.0. The molecule has 0 aliphatic rings. The van der Waals surface area contributed by atoms with E-state index in [0.717, 1.165) is 25.3 Å². The zero-order valence-electron chi connectivity index (χ0n) is 20.6. The Kier molecular flexibility index (Phi) is 9.53. The van der Waals surface area contributed by atoms with Gasteiger partial charge in [-0.05, 0) is 86.5 Å². The van der Waals surface area contributed by atoms with Gasteiger partial charge in [-0.25, -0.2) is 8.42 Å². The van der Waals surface area contributed by atoms with Crippen LogP contribution < -0.4 is 9.62 Å². The summed E-state index contributed by atoms with van der Waals surface area (Å²) in [6.07, 6.45) is 1.47. The average molecular weight is 600 g/mol. The molecule has 0 unspecified atom stereocenters. The highest BCUT2D eigenvalue weighted by Gasteiger charge is 2.33. The molecule has 9 heteroatoms. The van der Waals surface area contributed by atoms with E-state index in [1.807, 2.05) is 58.9 Å². The van der Waals surface area contributed by atoms with Crippen LogP contribution in [0.5, 0.6) is 0 Å². The van der Waals surface area contributed by atoms with Crippen molar-refractivity contribution >= 4 is 50.1 Å². The maximum Gasteiger partial charge on any atom is 0.244 e. The number of amides is 2. The second-order valence-corrected chi connectivity index (χ2v) is 12.6. The van der Waals surface area contributed by atoms with Crippen molar-refractivity contribution in [2.24, 2.45) is 0 Å². The molecular weight excluding hydrogens is 565 g/mol. The van der Waals surface area contributed by atoms with Crippen LogP contribution in [0.4, 0.5) is 5.69 Å². The van der Waals surface area contributed by atoms with Gasteiger partial charge in [-0.3, -0.25) is 13.9 Å². The molecule has 0 radical (unpaired) electrons. The molecule has 2 aromatic carbocycles. The first-order chi connectivity index (χ1) is 15.7. The first-order valence-electron chi connectivity index (χ1n) is 11.1. The van der Waals surface area contributed by atoms with Crippen molar-refractivity contribution in [1.29, 1.82) is 0 Å². The predicted octanol–water partition coefficient (Wildman–Crippen LogP) is 4.09. The molecule has 1 N–H and O–H groups in total. The average Bonchev–Trinajstić information content (AvgIpc) is 2.70. The van der Waals surface area contributed by atoms with Crippen molar-refractivity contribution in [3.05, 3.63) is 63.2 Å². The summed E-state index contributed by atoms with van der Waals surface area (Å²) in [6.45, 7) is 9.25. The van der Waals surface area contributed by atoms with Crippen molar-refractivity contribution in [1.82, 2.24) is 10.2 Å². The lowest BCUT2D eigenvalue weighted by Crippen LogP contribution is -2.55. The van der Waals surface area contributed by atoms with Crippen molar-refractivity contribution in [2.45, 2.75) is 59.2 Å². The van der Waals surface area contributed by atoms with Gasteiger partial charge in [0.15, 0.2) is 0 Å². The molecule has 0 spiro atoms. The minimum Gasteiger partial charge on any atom is -0.350 e. The Balaban J connectivity index is 2.45. The lowest BCUT2D eigenvalue weighted by molar-refractivity contribution is -0.141. The summed E-state index contributed by atoms with van der Waals surface area (Å²) in [5.74, 6) is -0.711. The molecule has 2 rings (SSSR count). The van der Waals surface area contributed by atoms with Crippen LogP contribution in [0, 0.1) is 10.5 Å². The van der Waals surface area contributed by atoms with Crippen LogP contribution in [-0.4, -0.2) is 49.5 Å². The smallest absolute Gasteiger partial charge is 0.244 e. The standard InChI is InChI=1S/C25H34IN3O4S/c1-7-22(24(31)27-25(3,4)5)28(16-19-10-8-9-18(2)15-19)23(30)17-29(34(6,32)33)21-13-11-20(26)12-14-21/h8-15,22H,7,16-17H2,1-6H3,(H,27,31)/t22-/m0/s1. The molecule has 2 amide bonds. The Morgan fingerprint density at radius 1 is 1.09 bits per heavy atom. The Hall–Kier alpha value is -2.14. The molecule has 0 heterocycles. The summed E-state index contributed by atoms with van der Waals surface area (Å²) in [5.41, 5.74) is 1.84. The Labute approximate surface area is 217 Å². The molecule has 34 heavy (non-hydrogen) atoms. The number of aryl methyl sites for hydroxylation is 1. The van der Waals surface area contributed by atoms with Gasteiger partial charge in [-0.2, -0.15) is 0 Å². The lowest BCUT2D eigenvalue weighted by Gasteiger charge is -2.34. The van der Waals surface area contributed by atoms with Crippen LogP contribution in [0.25, 0.3) is 0 Å². The van der Waals surface area contributed by atoms with Crippen LogP contribution in [-0.2, 0) is 26.2 Å². The highest BCUT2D eigenvalue weighted by molar-refractivity contribution is 14.1. The normalized spacial score (nSPS) is 12.7. The fraction of sp³-hybridized carbons (Fsp3) is 0.440. The van der Waals surface area contributed by atoms with Gasteiger partial charge >= 0.3 is 0 Å². The van der Waals surface area contributed by atoms with Crippen molar-refractivity contribution in [3.63, 3.8) is 0 Å². The maximum absolute atomic E-state index is 13.6. The molecule has 0 fully saturated rings. The quantitative estimate of drug-likeness (QED) is 0.441. The molecule has 0 aromatic heterocycles. The zero-order valence-corrected chi connectivity index (χ0v) is 23.6. The third-order valence-electron chi connectivity index (χ3n) is 5.11. The van der Waals surface area contributed by atoms with E-state index in [9.17, 15) is 18.0 Å². The number of benzene rings is 2. The van der Waals surface area contributed by atoms with Gasteiger partial charge in [0.1, 0.15) is 12.6 Å². The van der Waals surface area contributed by atoms with Gasteiger partial charge in [0, 0.05) is 15.7 Å². The summed E-state index contributed by atoms with van der Waals surface area (Å²) >= 11 is 2.14. The molecule has 0 aliphatic carbocycles. The Morgan fingerprint density at radius 3 is 2.21 bits per heavy atom. The molecular formula is C25H34IN3O4S. The SMILES string of the molecule is CC[C@@H](C(=O)NC(C)(C)C)N(Cc1cccc(C)c1)C(=O)CN(c1ccc(I)cc1)S(C)(=O)=O. The van der Waals surface area contributed by atoms with Crippen LogP contribution >= 0.6 is 22.6 Å². The van der Waals surface area contributed by atoms with Gasteiger partial charge < -0.3 is 10.2 Å². The number of nitrogens with zero attached hydrogens (tertiary/aromatic N) is 2. The highest BCUT2D eigenvalue weighted by atomic mass is 127. The second-order valence-electron chi connectivity index (χ2n) is 9.42. The predicted molar refractivity (Wildman–Crippen MR) is 145 cm³/mol. The van der Waals surface area contributed by atoms with E-state index >= 15 is 0 Å². The van der Waals surface area contributed by atoms with E-state index in [4.69, 9.17) is 0 Å². The number of hydrogen-bond donors (Lipinski definition) is 1. The van der Waals surface area contributed by atoms with Crippen molar-refractivity contribution < 1.29 is 18.0 Å². The summed E-state index contributed by atoms with van der Waals surface area (Å²) in [7, 11) is -3.74. The number of carbonyl (C=O) groups is 2. The van der Waals surface area contributed by atoms with Crippen LogP contribution in [0.15, 0.2) is 48.5 Å². The third kappa shape index (κ3) is 8.26. The number of nitrogens with one attached hydrogen (secondary N) is 1. The van der Waals surface area contributed by atoms with Gasteiger partial charge in [0.2, 0.25) is 21.8 Å². The van der Waals surface area contributed by atoms with Crippen molar-refractivity contribution in [2.75, 3.05) is 17.1 Å². The van der Waals surface area contributed by atoms with E-state index < -0.39 is 34.1 Å². The lowest BCUT2D eigenvalue weighted by atomic mass is 10.0. The molecule has 7 nitrogen and oxygen atoms in total. The minimum absolute atomic E-state index is 0.195. The number of sulfonamides is 1. The van der Waals surface area contributed by atoms with Crippen LogP contribution in [0.2, 0.25) is 0 Å². The summed E-state index contributed by atoms with van der Waals surface area (Å²) in [4.78, 5) is 28.3. The molecule has 1 atom stereocenters. The third-order valence-corrected chi connectivity index (χ3v) is 6.97. The van der Waals surface area contributed by atoms with E-state index in [-0.39, 0.29) is 12.5 Å². The number of carbonyl (C=O) groups excluding carboxylic acids is 2. The first kappa shape index (κ1) is 28.1. The Bertz CT molecular complexity index is 1110. The maximum atomic E-state index is 13.6. The van der Waals surface area contributed by atoms with E-state index in [1.54, 1.807) is 24.3 Å². The summed E-state index contributed by atoms with van der Waals surface area (Å²) in [6, 6.07) is 13.9. The monoisotopic (exact) mass is 599 g/mol. The molecule has 2 aromatic rings. The molecule has 186 valence electrons. The summed E-state index contributed by atoms with van der Waals surface area (Å²) < 4.78 is 27.3. The van der Waals surface area contributed by atoms with E-state index in [2.05, 4.69) is 27.9 Å². The molecule has 0 bridgehead atoms. The Morgan fingerprint density at radius 2 is 1.71 bits per heavy atom. The van der Waals surface area contributed by atoms with E-state index in [1.165, 1.54) is 4.90 Å². The fourth-order valence-electron chi connectivity index (χ4n) is 3.60. The molecule has 0 saturated carbocycles. The van der Waals surface area contributed by atoms with Gasteiger partial charge in [-0.1, -0.05) is 36.8 Å². The number of anilines is 1. The van der Waals surface area contributed by atoms with Crippen molar-refractivity contribution in [3.8, 4) is 0 Å². The van der Waals surface area contributed by atoms with E-state index in [0.29, 0.717) is 12.1 Å². The second kappa shape index (κ2) is 11.5. The minimum atomic E-state index is -3.74.